The highest BCUT2D eigenvalue weighted by atomic mass is 32.2. The molecule has 0 spiro atoms. The second-order valence-corrected chi connectivity index (χ2v) is 5.71. The predicted molar refractivity (Wildman–Crippen MR) is 61.4 cm³/mol. The lowest BCUT2D eigenvalue weighted by atomic mass is 9.85. The molecule has 76 valence electrons. The summed E-state index contributed by atoms with van der Waals surface area (Å²) in [7, 11) is 0. The van der Waals surface area contributed by atoms with Crippen LogP contribution in [0.1, 0.15) is 24.7 Å². The van der Waals surface area contributed by atoms with E-state index in [1.807, 2.05) is 30.0 Å². The van der Waals surface area contributed by atoms with E-state index in [9.17, 15) is 5.11 Å². The van der Waals surface area contributed by atoms with Crippen molar-refractivity contribution in [2.75, 3.05) is 5.75 Å². The van der Waals surface area contributed by atoms with Crippen LogP contribution in [0.3, 0.4) is 0 Å². The molecular weight excluding hydrogens is 192 g/mol. The molecule has 1 aromatic rings. The third-order valence-corrected chi connectivity index (χ3v) is 4.65. The quantitative estimate of drug-likeness (QED) is 0.766. The average Bonchev–Trinajstić information content (AvgIpc) is 2.44. The molecule has 0 aromatic heterocycles. The van der Waals surface area contributed by atoms with Crippen LogP contribution in [0.5, 0.6) is 0 Å². The van der Waals surface area contributed by atoms with Gasteiger partial charge in [0.25, 0.3) is 0 Å². The van der Waals surface area contributed by atoms with Gasteiger partial charge in [-0.1, -0.05) is 44.2 Å². The summed E-state index contributed by atoms with van der Waals surface area (Å²) in [5, 5.41) is 10.4. The van der Waals surface area contributed by atoms with E-state index in [0.29, 0.717) is 0 Å². The summed E-state index contributed by atoms with van der Waals surface area (Å²) in [5.41, 5.74) is 1.29. The summed E-state index contributed by atoms with van der Waals surface area (Å²) in [6, 6.07) is 10.3. The van der Waals surface area contributed by atoms with Gasteiger partial charge in [0.15, 0.2) is 0 Å². The molecule has 1 saturated heterocycles. The molecule has 2 unspecified atom stereocenters. The van der Waals surface area contributed by atoms with Crippen LogP contribution in [-0.2, 0) is 0 Å². The number of aliphatic hydroxyl groups is 1. The Morgan fingerprint density at radius 2 is 1.93 bits per heavy atom. The standard InChI is InChI=1S/C12H16OS/c1-12(2)8-14-10(11(12)13)9-6-4-3-5-7-9/h3-7,10-11,13H,8H2,1-2H3. The molecule has 0 radical (unpaired) electrons. The van der Waals surface area contributed by atoms with E-state index in [2.05, 4.69) is 26.0 Å². The molecule has 1 heterocycles. The van der Waals surface area contributed by atoms with Crippen LogP contribution in [-0.4, -0.2) is 17.0 Å². The van der Waals surface area contributed by atoms with Crippen LogP contribution >= 0.6 is 11.8 Å². The highest BCUT2D eigenvalue weighted by Gasteiger charge is 2.41. The molecule has 0 amide bonds. The fraction of sp³-hybridized carbons (Fsp3) is 0.500. The lowest BCUT2D eigenvalue weighted by Crippen LogP contribution is -2.28. The van der Waals surface area contributed by atoms with Crippen LogP contribution in [0.2, 0.25) is 0 Å². The SMILES string of the molecule is CC1(C)CSC(c2ccccc2)C1O. The maximum absolute atomic E-state index is 10.1. The smallest absolute Gasteiger partial charge is 0.0758 e. The molecule has 1 N–H and O–H groups in total. The van der Waals surface area contributed by atoms with E-state index < -0.39 is 0 Å². The van der Waals surface area contributed by atoms with E-state index in [-0.39, 0.29) is 16.8 Å². The summed E-state index contributed by atoms with van der Waals surface area (Å²) in [4.78, 5) is 0. The Bertz CT molecular complexity index is 307. The maximum Gasteiger partial charge on any atom is 0.0758 e. The summed E-state index contributed by atoms with van der Waals surface area (Å²) < 4.78 is 0. The molecule has 2 rings (SSSR count). The number of benzene rings is 1. The van der Waals surface area contributed by atoms with Crippen molar-refractivity contribution in [1.82, 2.24) is 0 Å². The van der Waals surface area contributed by atoms with Crippen molar-refractivity contribution in [3.63, 3.8) is 0 Å². The Labute approximate surface area is 89.5 Å². The summed E-state index contributed by atoms with van der Waals surface area (Å²) >= 11 is 1.86. The molecule has 2 atom stereocenters. The Kier molecular flexibility index (Phi) is 2.58. The molecule has 0 bridgehead atoms. The molecule has 1 aromatic carbocycles. The maximum atomic E-state index is 10.1. The highest BCUT2D eigenvalue weighted by molar-refractivity contribution is 7.99. The first-order valence-electron chi connectivity index (χ1n) is 4.96. The minimum atomic E-state index is -0.227. The minimum Gasteiger partial charge on any atom is -0.391 e. The van der Waals surface area contributed by atoms with Crippen molar-refractivity contribution < 1.29 is 5.11 Å². The predicted octanol–water partition coefficient (Wildman–Crippen LogP) is 2.86. The molecule has 14 heavy (non-hydrogen) atoms. The monoisotopic (exact) mass is 208 g/mol. The van der Waals surface area contributed by atoms with Gasteiger partial charge in [-0.05, 0) is 5.56 Å². The first-order chi connectivity index (χ1) is 6.61. The topological polar surface area (TPSA) is 20.2 Å². The van der Waals surface area contributed by atoms with Gasteiger partial charge >= 0.3 is 0 Å². The first kappa shape index (κ1) is 10.1. The molecule has 1 fully saturated rings. The van der Waals surface area contributed by atoms with Gasteiger partial charge in [0.1, 0.15) is 0 Å². The summed E-state index contributed by atoms with van der Waals surface area (Å²) in [6.45, 7) is 4.27. The molecule has 0 saturated carbocycles. The largest absolute Gasteiger partial charge is 0.391 e. The zero-order valence-electron chi connectivity index (χ0n) is 8.60. The number of rotatable bonds is 1. The van der Waals surface area contributed by atoms with Gasteiger partial charge < -0.3 is 5.11 Å². The van der Waals surface area contributed by atoms with Gasteiger partial charge in [-0.25, -0.2) is 0 Å². The second kappa shape index (κ2) is 3.59. The van der Waals surface area contributed by atoms with E-state index >= 15 is 0 Å². The van der Waals surface area contributed by atoms with Crippen molar-refractivity contribution in [3.8, 4) is 0 Å². The van der Waals surface area contributed by atoms with E-state index in [4.69, 9.17) is 0 Å². The number of hydrogen-bond acceptors (Lipinski definition) is 2. The third-order valence-electron chi connectivity index (χ3n) is 2.85. The lowest BCUT2D eigenvalue weighted by molar-refractivity contribution is 0.0749. The Morgan fingerprint density at radius 3 is 2.43 bits per heavy atom. The third kappa shape index (κ3) is 1.69. The highest BCUT2D eigenvalue weighted by Crippen LogP contribution is 2.49. The Morgan fingerprint density at radius 1 is 1.29 bits per heavy atom. The molecule has 1 aliphatic heterocycles. The summed E-state index contributed by atoms with van der Waals surface area (Å²) in [5.74, 6) is 1.04. The van der Waals surface area contributed by atoms with Crippen molar-refractivity contribution in [2.24, 2.45) is 5.41 Å². The zero-order valence-corrected chi connectivity index (χ0v) is 9.42. The Balaban J connectivity index is 2.23. The molecule has 1 aliphatic rings. The number of thioether (sulfide) groups is 1. The van der Waals surface area contributed by atoms with E-state index in [1.165, 1.54) is 5.56 Å². The molecule has 1 nitrogen and oxygen atoms in total. The van der Waals surface area contributed by atoms with Crippen molar-refractivity contribution >= 4 is 11.8 Å². The van der Waals surface area contributed by atoms with E-state index in [1.54, 1.807) is 0 Å². The average molecular weight is 208 g/mol. The van der Waals surface area contributed by atoms with Crippen LogP contribution < -0.4 is 0 Å². The van der Waals surface area contributed by atoms with Crippen LogP contribution in [0.25, 0.3) is 0 Å². The minimum absolute atomic E-state index is 0.0468. The zero-order chi connectivity index (χ0) is 10.2. The fourth-order valence-electron chi connectivity index (χ4n) is 1.81. The normalized spacial score (nSPS) is 30.5. The number of hydrogen-bond donors (Lipinski definition) is 1. The van der Waals surface area contributed by atoms with Gasteiger partial charge in [-0.15, -0.1) is 0 Å². The molecular formula is C12H16OS. The van der Waals surface area contributed by atoms with Gasteiger partial charge in [0, 0.05) is 11.2 Å². The molecule has 0 aliphatic carbocycles. The molecule has 2 heteroatoms. The van der Waals surface area contributed by atoms with Crippen LogP contribution in [0, 0.1) is 5.41 Å². The van der Waals surface area contributed by atoms with Crippen LogP contribution in [0.15, 0.2) is 30.3 Å². The van der Waals surface area contributed by atoms with Crippen molar-refractivity contribution in [3.05, 3.63) is 35.9 Å². The first-order valence-corrected chi connectivity index (χ1v) is 6.01. The Hall–Kier alpha value is -0.470. The number of aliphatic hydroxyl groups excluding tert-OH is 1. The van der Waals surface area contributed by atoms with Gasteiger partial charge in [0.05, 0.1) is 11.4 Å². The van der Waals surface area contributed by atoms with Crippen molar-refractivity contribution in [2.45, 2.75) is 25.2 Å². The van der Waals surface area contributed by atoms with Gasteiger partial charge in [0.2, 0.25) is 0 Å². The van der Waals surface area contributed by atoms with Gasteiger partial charge in [-0.2, -0.15) is 11.8 Å². The fourth-order valence-corrected chi connectivity index (χ4v) is 3.49. The van der Waals surface area contributed by atoms with Crippen LogP contribution in [0.4, 0.5) is 0 Å². The van der Waals surface area contributed by atoms with Gasteiger partial charge in [-0.3, -0.25) is 0 Å². The second-order valence-electron chi connectivity index (χ2n) is 4.58. The van der Waals surface area contributed by atoms with Crippen molar-refractivity contribution in [1.29, 1.82) is 0 Å². The van der Waals surface area contributed by atoms with E-state index in [0.717, 1.165) is 5.75 Å². The summed E-state index contributed by atoms with van der Waals surface area (Å²) in [6.07, 6.45) is -0.227. The lowest BCUT2D eigenvalue weighted by Gasteiger charge is -2.24.